The molecule has 0 aliphatic heterocycles. The van der Waals surface area contributed by atoms with E-state index in [1.807, 2.05) is 19.2 Å². The zero-order valence-electron chi connectivity index (χ0n) is 21.8. The van der Waals surface area contributed by atoms with Crippen LogP contribution in [0.25, 0.3) is 20.8 Å². The monoisotopic (exact) mass is 540 g/mol. The van der Waals surface area contributed by atoms with Gasteiger partial charge >= 0.3 is 0 Å². The number of aliphatic hydroxyl groups is 3. The van der Waals surface area contributed by atoms with Crippen molar-refractivity contribution >= 4 is 33.3 Å². The van der Waals surface area contributed by atoms with Crippen LogP contribution in [0.5, 0.6) is 0 Å². The molecule has 0 aromatic carbocycles. The third kappa shape index (κ3) is 4.86. The highest BCUT2D eigenvalue weighted by Gasteiger charge is 2.42. The lowest BCUT2D eigenvalue weighted by molar-refractivity contribution is 0.00446. The van der Waals surface area contributed by atoms with Crippen LogP contribution in [0.1, 0.15) is 62.3 Å². The maximum absolute atomic E-state index is 10.7. The van der Waals surface area contributed by atoms with Crippen molar-refractivity contribution in [2.45, 2.75) is 88.2 Å². The van der Waals surface area contributed by atoms with Crippen LogP contribution in [0, 0.1) is 12.8 Å². The minimum atomic E-state index is -1.02. The molecular formula is C27H36N6O4S. The normalized spacial score (nSPS) is 29.6. The number of ether oxygens (including phenoxy) is 1. The van der Waals surface area contributed by atoms with Gasteiger partial charge in [0.1, 0.15) is 22.4 Å². The summed E-state index contributed by atoms with van der Waals surface area (Å²) in [5, 5.41) is 38.6. The van der Waals surface area contributed by atoms with Crippen molar-refractivity contribution in [1.82, 2.24) is 19.9 Å². The minimum Gasteiger partial charge on any atom is -0.396 e. The molecule has 3 aromatic rings. The average molecular weight is 541 g/mol. The van der Waals surface area contributed by atoms with Gasteiger partial charge in [-0.25, -0.2) is 9.97 Å². The molecule has 3 saturated carbocycles. The number of aromatic nitrogens is 4. The van der Waals surface area contributed by atoms with Crippen molar-refractivity contribution in [1.29, 1.82) is 0 Å². The Morgan fingerprint density at radius 1 is 1.03 bits per heavy atom. The summed E-state index contributed by atoms with van der Waals surface area (Å²) in [4.78, 5) is 19.4. The highest BCUT2D eigenvalue weighted by Crippen LogP contribution is 2.44. The second-order valence-electron chi connectivity index (χ2n) is 10.9. The van der Waals surface area contributed by atoms with Crippen molar-refractivity contribution in [2.24, 2.45) is 5.92 Å². The summed E-state index contributed by atoms with van der Waals surface area (Å²) in [6, 6.07) is 1.64. The quantitative estimate of drug-likeness (QED) is 0.289. The molecular weight excluding hydrogens is 504 g/mol. The Morgan fingerprint density at radius 2 is 1.84 bits per heavy atom. The lowest BCUT2D eigenvalue weighted by Gasteiger charge is -2.31. The molecule has 10 nitrogen and oxygen atoms in total. The van der Waals surface area contributed by atoms with Gasteiger partial charge in [-0.15, -0.1) is 11.3 Å². The first-order valence-electron chi connectivity index (χ1n) is 13.6. The molecule has 6 rings (SSSR count). The van der Waals surface area contributed by atoms with Gasteiger partial charge in [-0.3, -0.25) is 4.98 Å². The summed E-state index contributed by atoms with van der Waals surface area (Å²) < 4.78 is 6.80. The topological polar surface area (TPSA) is 146 Å². The van der Waals surface area contributed by atoms with Crippen molar-refractivity contribution in [3.63, 3.8) is 0 Å². The smallest absolute Gasteiger partial charge is 0.225 e. The van der Waals surface area contributed by atoms with Crippen LogP contribution in [0.15, 0.2) is 12.3 Å². The van der Waals surface area contributed by atoms with E-state index < -0.39 is 24.2 Å². The molecule has 3 fully saturated rings. The average Bonchev–Trinajstić information content (AvgIpc) is 3.62. The van der Waals surface area contributed by atoms with Crippen LogP contribution in [0.2, 0.25) is 0 Å². The minimum absolute atomic E-state index is 0.0958. The molecule has 0 bridgehead atoms. The number of hydrogen-bond acceptors (Lipinski definition) is 11. The molecule has 11 heteroatoms. The van der Waals surface area contributed by atoms with Gasteiger partial charge in [-0.2, -0.15) is 4.98 Å². The van der Waals surface area contributed by atoms with Gasteiger partial charge in [0.05, 0.1) is 45.9 Å². The summed E-state index contributed by atoms with van der Waals surface area (Å²) >= 11 is 1.58. The second kappa shape index (κ2) is 10.6. The molecule has 6 atom stereocenters. The Bertz CT molecular complexity index is 1300. The van der Waals surface area contributed by atoms with Gasteiger partial charge in [-0.1, -0.05) is 12.8 Å². The fourth-order valence-electron chi connectivity index (χ4n) is 5.97. The molecule has 3 aliphatic carbocycles. The Balaban J connectivity index is 1.39. The Morgan fingerprint density at radius 3 is 2.58 bits per heavy atom. The zero-order chi connectivity index (χ0) is 26.4. The van der Waals surface area contributed by atoms with Crippen LogP contribution >= 0.6 is 11.3 Å². The first-order chi connectivity index (χ1) is 18.5. The van der Waals surface area contributed by atoms with Crippen molar-refractivity contribution in [3.05, 3.63) is 23.7 Å². The maximum atomic E-state index is 10.7. The molecule has 0 unspecified atom stereocenters. The van der Waals surface area contributed by atoms with Crippen LogP contribution in [0.3, 0.4) is 0 Å². The fourth-order valence-corrected chi connectivity index (χ4v) is 7.04. The van der Waals surface area contributed by atoms with E-state index in [9.17, 15) is 15.3 Å². The van der Waals surface area contributed by atoms with Gasteiger partial charge < -0.3 is 30.7 Å². The molecule has 0 radical (unpaired) electrons. The number of methoxy groups -OCH3 is 1. The number of aliphatic hydroxyl groups excluding tert-OH is 3. The molecule has 204 valence electrons. The number of fused-ring (bicyclic) bond motifs is 1. The van der Waals surface area contributed by atoms with E-state index in [2.05, 4.69) is 15.6 Å². The van der Waals surface area contributed by atoms with E-state index in [1.165, 1.54) is 0 Å². The standard InChI is InChI=1S/C27H36N6O4S/c1-13-20(26-32-22-19(38-26)9-10-28-21(22)14-7-8-14)25(30-17-11-15(12-34)23(35)24(17)36)33-27(29-13)31-16-5-3-4-6-18(16)37-2/h9-10,14-18,23-24,34-36H,3-8,11-12H2,1-2H3,(H2,29,30,31,33)/t15-,16-,17-,18-,23-,24+/m1/s1. The maximum Gasteiger partial charge on any atom is 0.225 e. The largest absolute Gasteiger partial charge is 0.396 e. The van der Waals surface area contributed by atoms with Crippen LogP contribution in [-0.4, -0.2) is 79.4 Å². The number of pyridine rings is 1. The lowest BCUT2D eigenvalue weighted by atomic mass is 9.92. The third-order valence-corrected chi connectivity index (χ3v) is 9.32. The Kier molecular flexibility index (Phi) is 7.21. The predicted molar refractivity (Wildman–Crippen MR) is 146 cm³/mol. The summed E-state index contributed by atoms with van der Waals surface area (Å²) in [5.74, 6) is 1.13. The molecule has 0 amide bonds. The molecule has 5 N–H and O–H groups in total. The molecule has 3 aromatic heterocycles. The van der Waals surface area contributed by atoms with Crippen LogP contribution in [-0.2, 0) is 4.74 Å². The zero-order valence-corrected chi connectivity index (χ0v) is 22.6. The van der Waals surface area contributed by atoms with Crippen molar-refractivity contribution in [3.8, 4) is 10.6 Å². The first kappa shape index (κ1) is 25.8. The summed E-state index contributed by atoms with van der Waals surface area (Å²) in [5.41, 5.74) is 3.53. The van der Waals surface area contributed by atoms with Gasteiger partial charge in [-0.05, 0) is 45.1 Å². The number of rotatable bonds is 8. The fraction of sp³-hybridized carbons (Fsp3) is 0.630. The van der Waals surface area contributed by atoms with E-state index in [4.69, 9.17) is 19.7 Å². The lowest BCUT2D eigenvalue weighted by Crippen LogP contribution is -2.38. The number of aryl methyl sites for hydroxylation is 1. The second-order valence-corrected chi connectivity index (χ2v) is 11.9. The number of thiazole rings is 1. The van der Waals surface area contributed by atoms with E-state index in [0.29, 0.717) is 24.1 Å². The van der Waals surface area contributed by atoms with E-state index in [0.717, 1.165) is 70.7 Å². The molecule has 3 aliphatic rings. The molecule has 38 heavy (non-hydrogen) atoms. The molecule has 0 spiro atoms. The highest BCUT2D eigenvalue weighted by atomic mass is 32.1. The van der Waals surface area contributed by atoms with Crippen LogP contribution < -0.4 is 10.6 Å². The van der Waals surface area contributed by atoms with Gasteiger partial charge in [0.25, 0.3) is 0 Å². The van der Waals surface area contributed by atoms with Gasteiger partial charge in [0.2, 0.25) is 5.95 Å². The molecule has 0 saturated heterocycles. The first-order valence-corrected chi connectivity index (χ1v) is 14.5. The highest BCUT2D eigenvalue weighted by molar-refractivity contribution is 7.21. The summed E-state index contributed by atoms with van der Waals surface area (Å²) in [6.07, 6.45) is 6.88. The Labute approximate surface area is 225 Å². The van der Waals surface area contributed by atoms with E-state index in [-0.39, 0.29) is 18.8 Å². The number of anilines is 2. The number of nitrogens with one attached hydrogen (secondary N) is 2. The van der Waals surface area contributed by atoms with E-state index in [1.54, 1.807) is 18.4 Å². The number of nitrogens with zero attached hydrogens (tertiary/aromatic N) is 4. The third-order valence-electron chi connectivity index (χ3n) is 8.28. The van der Waals surface area contributed by atoms with Crippen molar-refractivity contribution in [2.75, 3.05) is 24.4 Å². The molecule has 3 heterocycles. The predicted octanol–water partition coefficient (Wildman–Crippen LogP) is 3.22. The Hall–Kier alpha value is -2.44. The summed E-state index contributed by atoms with van der Waals surface area (Å²) in [7, 11) is 1.75. The van der Waals surface area contributed by atoms with E-state index >= 15 is 0 Å². The van der Waals surface area contributed by atoms with Crippen molar-refractivity contribution < 1.29 is 20.1 Å². The van der Waals surface area contributed by atoms with Gasteiger partial charge in [0.15, 0.2) is 0 Å². The van der Waals surface area contributed by atoms with Gasteiger partial charge in [0, 0.05) is 31.7 Å². The summed E-state index contributed by atoms with van der Waals surface area (Å²) in [6.45, 7) is 1.76. The number of hydrogen-bond donors (Lipinski definition) is 5. The SMILES string of the molecule is CO[C@@H]1CCCC[C@H]1Nc1nc(C)c(-c2nc3c(C4CC4)nccc3s2)c(N[C@@H]2C[C@H](CO)[C@@H](O)[C@H]2O)n1. The van der Waals surface area contributed by atoms with Crippen LogP contribution in [0.4, 0.5) is 11.8 Å².